The second kappa shape index (κ2) is 5.19. The molecule has 1 aliphatic rings. The monoisotopic (exact) mass is 314 g/mol. The number of aromatic nitrogens is 2. The van der Waals surface area contributed by atoms with E-state index in [-0.39, 0.29) is 23.4 Å². The van der Waals surface area contributed by atoms with Gasteiger partial charge >= 0.3 is 0 Å². The zero-order valence-electron chi connectivity index (χ0n) is 13.1. The third kappa shape index (κ3) is 2.69. The van der Waals surface area contributed by atoms with Crippen LogP contribution in [0.4, 0.5) is 0 Å². The molecule has 2 amide bonds. The van der Waals surface area contributed by atoms with Gasteiger partial charge in [0.2, 0.25) is 5.91 Å². The van der Waals surface area contributed by atoms with Gasteiger partial charge in [0.05, 0.1) is 0 Å². The smallest absolute Gasteiger partial charge is 0.265 e. The van der Waals surface area contributed by atoms with Gasteiger partial charge in [-0.2, -0.15) is 0 Å². The number of hydrogen-bond donors (Lipinski definition) is 1. The van der Waals surface area contributed by atoms with Crippen LogP contribution in [0, 0.1) is 5.41 Å². The van der Waals surface area contributed by atoms with Crippen molar-refractivity contribution in [3.63, 3.8) is 0 Å². The number of amides is 2. The molecule has 0 atom stereocenters. The lowest BCUT2D eigenvalue weighted by molar-refractivity contribution is -0.142. The fraction of sp³-hybridized carbons (Fsp3) is 0.375. The molecule has 0 radical (unpaired) electrons. The highest BCUT2D eigenvalue weighted by Crippen LogP contribution is 2.28. The standard InChI is InChI=1S/C16H18N4O3/c1-16(2)8-19(9-16)12(21)7-20-14-10(4-3-5-18-14)6-11(13(17)22)15(20)23/h3-6H,7-9H2,1-2H3,(H2,17,22). The molecule has 23 heavy (non-hydrogen) atoms. The van der Waals surface area contributed by atoms with Crippen molar-refractivity contribution < 1.29 is 9.59 Å². The van der Waals surface area contributed by atoms with E-state index in [1.54, 1.807) is 23.2 Å². The molecule has 0 unspecified atom stereocenters. The molecule has 1 fully saturated rings. The Labute approximate surface area is 132 Å². The van der Waals surface area contributed by atoms with Gasteiger partial charge in [0.15, 0.2) is 0 Å². The molecule has 0 bridgehead atoms. The number of hydrogen-bond acceptors (Lipinski definition) is 4. The van der Waals surface area contributed by atoms with Crippen LogP contribution >= 0.6 is 0 Å². The van der Waals surface area contributed by atoms with Crippen LogP contribution in [0.1, 0.15) is 24.2 Å². The van der Waals surface area contributed by atoms with E-state index in [4.69, 9.17) is 5.73 Å². The minimum Gasteiger partial charge on any atom is -0.365 e. The topological polar surface area (TPSA) is 98.3 Å². The molecule has 7 nitrogen and oxygen atoms in total. The summed E-state index contributed by atoms with van der Waals surface area (Å²) in [5.74, 6) is -0.980. The zero-order chi connectivity index (χ0) is 16.8. The summed E-state index contributed by atoms with van der Waals surface area (Å²) < 4.78 is 1.23. The van der Waals surface area contributed by atoms with E-state index >= 15 is 0 Å². The molecule has 0 aliphatic carbocycles. The Morgan fingerprint density at radius 3 is 2.65 bits per heavy atom. The van der Waals surface area contributed by atoms with Gasteiger partial charge in [-0.05, 0) is 23.6 Å². The molecule has 0 spiro atoms. The number of likely N-dealkylation sites (tertiary alicyclic amines) is 1. The number of rotatable bonds is 3. The zero-order valence-corrected chi connectivity index (χ0v) is 13.1. The molecular weight excluding hydrogens is 296 g/mol. The van der Waals surface area contributed by atoms with Crippen LogP contribution in [-0.4, -0.2) is 39.4 Å². The lowest BCUT2D eigenvalue weighted by Gasteiger charge is -2.45. The molecule has 2 aromatic rings. The van der Waals surface area contributed by atoms with Crippen LogP contribution in [0.15, 0.2) is 29.2 Å². The average Bonchev–Trinajstić information content (AvgIpc) is 2.46. The molecule has 0 saturated carbocycles. The number of primary amides is 1. The predicted molar refractivity (Wildman–Crippen MR) is 84.9 cm³/mol. The lowest BCUT2D eigenvalue weighted by Crippen LogP contribution is -2.56. The van der Waals surface area contributed by atoms with Crippen molar-refractivity contribution in [2.24, 2.45) is 11.1 Å². The third-order valence-electron chi connectivity index (χ3n) is 4.00. The highest BCUT2D eigenvalue weighted by atomic mass is 16.2. The Kier molecular flexibility index (Phi) is 3.43. The molecular formula is C16H18N4O3. The number of nitrogens with zero attached hydrogens (tertiary/aromatic N) is 3. The first-order chi connectivity index (χ1) is 10.8. The van der Waals surface area contributed by atoms with E-state index in [0.29, 0.717) is 24.1 Å². The normalized spacial score (nSPS) is 16.2. The van der Waals surface area contributed by atoms with E-state index in [0.717, 1.165) is 0 Å². The van der Waals surface area contributed by atoms with Gasteiger partial charge in [-0.15, -0.1) is 0 Å². The number of nitrogens with two attached hydrogens (primary N) is 1. The summed E-state index contributed by atoms with van der Waals surface area (Å²) in [6.45, 7) is 5.31. The maximum Gasteiger partial charge on any atom is 0.265 e. The third-order valence-corrected chi connectivity index (χ3v) is 4.00. The number of fused-ring (bicyclic) bond motifs is 1. The molecule has 0 aromatic carbocycles. The van der Waals surface area contributed by atoms with Crippen molar-refractivity contribution in [2.75, 3.05) is 13.1 Å². The first kappa shape index (κ1) is 15.2. The first-order valence-corrected chi connectivity index (χ1v) is 7.35. The van der Waals surface area contributed by atoms with Crippen molar-refractivity contribution in [1.82, 2.24) is 14.5 Å². The SMILES string of the molecule is CC1(C)CN(C(=O)Cn2c(=O)c(C(N)=O)cc3cccnc32)C1. The van der Waals surface area contributed by atoms with Gasteiger partial charge < -0.3 is 10.6 Å². The van der Waals surface area contributed by atoms with Gasteiger partial charge in [0.25, 0.3) is 11.5 Å². The minimum atomic E-state index is -0.813. The van der Waals surface area contributed by atoms with E-state index < -0.39 is 11.5 Å². The summed E-state index contributed by atoms with van der Waals surface area (Å²) in [4.78, 5) is 42.2. The average molecular weight is 314 g/mol. The quantitative estimate of drug-likeness (QED) is 0.884. The van der Waals surface area contributed by atoms with E-state index in [1.165, 1.54) is 10.6 Å². The van der Waals surface area contributed by atoms with Crippen molar-refractivity contribution in [2.45, 2.75) is 20.4 Å². The van der Waals surface area contributed by atoms with Gasteiger partial charge in [0, 0.05) is 24.7 Å². The Morgan fingerprint density at radius 2 is 2.04 bits per heavy atom. The van der Waals surface area contributed by atoms with Crippen LogP contribution in [0.2, 0.25) is 0 Å². The summed E-state index contributed by atoms with van der Waals surface area (Å²) in [5.41, 5.74) is 5.03. The van der Waals surface area contributed by atoms with Crippen LogP contribution in [0.5, 0.6) is 0 Å². The van der Waals surface area contributed by atoms with Crippen LogP contribution < -0.4 is 11.3 Å². The summed E-state index contributed by atoms with van der Waals surface area (Å²) in [6, 6.07) is 4.84. The van der Waals surface area contributed by atoms with Gasteiger partial charge in [-0.3, -0.25) is 19.0 Å². The Hall–Kier alpha value is -2.70. The Morgan fingerprint density at radius 1 is 1.35 bits per heavy atom. The largest absolute Gasteiger partial charge is 0.365 e. The van der Waals surface area contributed by atoms with Crippen molar-refractivity contribution in [3.05, 3.63) is 40.3 Å². The van der Waals surface area contributed by atoms with Gasteiger partial charge in [-0.25, -0.2) is 4.98 Å². The van der Waals surface area contributed by atoms with Crippen molar-refractivity contribution in [3.8, 4) is 0 Å². The van der Waals surface area contributed by atoms with Gasteiger partial charge in [-0.1, -0.05) is 13.8 Å². The predicted octanol–water partition coefficient (Wildman–Crippen LogP) is 0.364. The summed E-state index contributed by atoms with van der Waals surface area (Å²) in [6.07, 6.45) is 1.54. The maximum atomic E-state index is 12.5. The number of carbonyl (C=O) groups is 2. The summed E-state index contributed by atoms with van der Waals surface area (Å²) in [5, 5.41) is 0.595. The molecule has 1 aliphatic heterocycles. The minimum absolute atomic E-state index is 0.107. The van der Waals surface area contributed by atoms with E-state index in [1.807, 2.05) is 0 Å². The summed E-state index contributed by atoms with van der Waals surface area (Å²) >= 11 is 0. The second-order valence-corrected chi connectivity index (χ2v) is 6.64. The molecule has 3 heterocycles. The molecule has 2 aromatic heterocycles. The van der Waals surface area contributed by atoms with E-state index in [9.17, 15) is 14.4 Å². The number of pyridine rings is 2. The first-order valence-electron chi connectivity index (χ1n) is 7.35. The highest BCUT2D eigenvalue weighted by molar-refractivity contribution is 5.96. The van der Waals surface area contributed by atoms with Crippen molar-refractivity contribution >= 4 is 22.8 Å². The Balaban J connectivity index is 2.02. The molecule has 3 rings (SSSR count). The van der Waals surface area contributed by atoms with E-state index in [2.05, 4.69) is 18.8 Å². The molecule has 7 heteroatoms. The van der Waals surface area contributed by atoms with Crippen LogP contribution in [0.25, 0.3) is 11.0 Å². The molecule has 1 saturated heterocycles. The molecule has 2 N–H and O–H groups in total. The van der Waals surface area contributed by atoms with Crippen LogP contribution in [-0.2, 0) is 11.3 Å². The van der Waals surface area contributed by atoms with Crippen LogP contribution in [0.3, 0.4) is 0 Å². The summed E-state index contributed by atoms with van der Waals surface area (Å²) in [7, 11) is 0. The fourth-order valence-electron chi connectivity index (χ4n) is 2.93. The second-order valence-electron chi connectivity index (χ2n) is 6.64. The lowest BCUT2D eigenvalue weighted by atomic mass is 9.84. The molecule has 120 valence electrons. The highest BCUT2D eigenvalue weighted by Gasteiger charge is 2.37. The van der Waals surface area contributed by atoms with Crippen molar-refractivity contribution in [1.29, 1.82) is 0 Å². The Bertz CT molecular complexity index is 861. The number of carbonyl (C=O) groups excluding carboxylic acids is 2. The fourth-order valence-corrected chi connectivity index (χ4v) is 2.93. The maximum absolute atomic E-state index is 12.5. The van der Waals surface area contributed by atoms with Gasteiger partial charge in [0.1, 0.15) is 17.8 Å².